The predicted molar refractivity (Wildman–Crippen MR) is 131 cm³/mol. The van der Waals surface area contributed by atoms with Crippen LogP contribution in [-0.2, 0) is 6.54 Å². The molecule has 1 atom stereocenters. The predicted octanol–water partition coefficient (Wildman–Crippen LogP) is 5.39. The average Bonchev–Trinajstić information content (AvgIpc) is 3.35. The lowest BCUT2D eigenvalue weighted by molar-refractivity contribution is 0.0396. The van der Waals surface area contributed by atoms with Crippen LogP contribution < -0.4 is 15.4 Å². The Kier molecular flexibility index (Phi) is 7.42. The van der Waals surface area contributed by atoms with E-state index >= 15 is 0 Å². The summed E-state index contributed by atoms with van der Waals surface area (Å²) in [6, 6.07) is 8.61. The zero-order chi connectivity index (χ0) is 19.6. The second kappa shape index (κ2) is 9.64. The number of hydrogen-bond donors (Lipinski definition) is 2. The minimum atomic E-state index is -0.0219. The van der Waals surface area contributed by atoms with E-state index in [0.717, 1.165) is 36.7 Å². The number of guanidine groups is 1. The summed E-state index contributed by atoms with van der Waals surface area (Å²) in [5.74, 6) is 2.30. The van der Waals surface area contributed by atoms with Crippen LogP contribution in [0.2, 0.25) is 0 Å². The van der Waals surface area contributed by atoms with Crippen molar-refractivity contribution in [3.63, 3.8) is 0 Å². The highest BCUT2D eigenvalue weighted by molar-refractivity contribution is 14.0. The van der Waals surface area contributed by atoms with Crippen molar-refractivity contribution < 1.29 is 4.74 Å². The van der Waals surface area contributed by atoms with Crippen molar-refractivity contribution >= 4 is 41.3 Å². The summed E-state index contributed by atoms with van der Waals surface area (Å²) in [6.07, 6.45) is 5.78. The third-order valence-electron chi connectivity index (χ3n) is 5.75. The first-order chi connectivity index (χ1) is 13.6. The van der Waals surface area contributed by atoms with Gasteiger partial charge in [-0.25, -0.2) is 4.98 Å². The van der Waals surface area contributed by atoms with Crippen molar-refractivity contribution in [1.29, 1.82) is 0 Å². The number of nitrogens with zero attached hydrogens (tertiary/aromatic N) is 2. The third-order valence-corrected chi connectivity index (χ3v) is 6.94. The summed E-state index contributed by atoms with van der Waals surface area (Å²) < 4.78 is 6.47. The second-order valence-corrected chi connectivity index (χ2v) is 9.08. The standard InChI is InChI=1S/C22H30N4OS.HI/c1-15(2)20-25-16(14-28-20)13-24-21(23-3)26-18-12-22(10-6-7-11-22)27-19-9-5-4-8-17(18)19;/h4-5,8-9,14-15,18H,6-7,10-13H2,1-3H3,(H2,23,24,26);1H. The van der Waals surface area contributed by atoms with Gasteiger partial charge in [-0.1, -0.05) is 32.0 Å². The number of fused-ring (bicyclic) bond motifs is 1. The minimum Gasteiger partial charge on any atom is -0.487 e. The Balaban J connectivity index is 0.00000240. The molecule has 2 heterocycles. The summed E-state index contributed by atoms with van der Waals surface area (Å²) in [4.78, 5) is 9.17. The summed E-state index contributed by atoms with van der Waals surface area (Å²) in [5, 5.41) is 10.4. The number of rotatable bonds is 4. The summed E-state index contributed by atoms with van der Waals surface area (Å²) >= 11 is 1.73. The number of para-hydroxylation sites is 1. The molecule has 1 unspecified atom stereocenters. The highest BCUT2D eigenvalue weighted by Gasteiger charge is 2.43. The molecule has 0 bridgehead atoms. The lowest BCUT2D eigenvalue weighted by atomic mass is 9.86. The number of nitrogens with one attached hydrogen (secondary N) is 2. The lowest BCUT2D eigenvalue weighted by Crippen LogP contribution is -2.46. The van der Waals surface area contributed by atoms with E-state index in [1.165, 1.54) is 23.4 Å². The van der Waals surface area contributed by atoms with Crippen LogP contribution in [0.4, 0.5) is 0 Å². The fourth-order valence-corrected chi connectivity index (χ4v) is 5.11. The molecule has 1 fully saturated rings. The fourth-order valence-electron chi connectivity index (χ4n) is 4.28. The Morgan fingerprint density at radius 1 is 1.31 bits per heavy atom. The number of aliphatic imine (C=N–C) groups is 1. The molecule has 2 aliphatic rings. The van der Waals surface area contributed by atoms with Gasteiger partial charge in [-0.15, -0.1) is 35.3 Å². The molecule has 158 valence electrons. The number of benzene rings is 1. The Hall–Kier alpha value is -1.35. The van der Waals surface area contributed by atoms with E-state index < -0.39 is 0 Å². The normalized spacial score (nSPS) is 20.1. The van der Waals surface area contributed by atoms with Crippen molar-refractivity contribution in [3.05, 3.63) is 45.9 Å². The van der Waals surface area contributed by atoms with E-state index in [2.05, 4.69) is 59.1 Å². The monoisotopic (exact) mass is 526 g/mol. The van der Waals surface area contributed by atoms with Crippen LogP contribution in [-0.4, -0.2) is 23.6 Å². The van der Waals surface area contributed by atoms with E-state index in [1.807, 2.05) is 7.05 Å². The Labute approximate surface area is 194 Å². The maximum absolute atomic E-state index is 6.47. The third kappa shape index (κ3) is 5.05. The van der Waals surface area contributed by atoms with Crippen molar-refractivity contribution in [2.24, 2.45) is 4.99 Å². The van der Waals surface area contributed by atoms with Crippen LogP contribution in [0.3, 0.4) is 0 Å². The molecule has 2 N–H and O–H groups in total. The minimum absolute atomic E-state index is 0. The smallest absolute Gasteiger partial charge is 0.191 e. The zero-order valence-electron chi connectivity index (χ0n) is 17.4. The molecule has 4 rings (SSSR count). The number of hydrogen-bond acceptors (Lipinski definition) is 4. The van der Waals surface area contributed by atoms with Gasteiger partial charge in [0.25, 0.3) is 0 Å². The largest absolute Gasteiger partial charge is 0.487 e. The molecule has 1 spiro atoms. The fraction of sp³-hybridized carbons (Fsp3) is 0.545. The Bertz CT molecular complexity index is 845. The number of ether oxygens (including phenoxy) is 1. The van der Waals surface area contributed by atoms with E-state index in [0.29, 0.717) is 12.5 Å². The van der Waals surface area contributed by atoms with Crippen molar-refractivity contribution in [1.82, 2.24) is 15.6 Å². The molecule has 0 saturated heterocycles. The first-order valence-electron chi connectivity index (χ1n) is 10.3. The van der Waals surface area contributed by atoms with E-state index in [9.17, 15) is 0 Å². The van der Waals surface area contributed by atoms with Gasteiger partial charge in [0.2, 0.25) is 0 Å². The first kappa shape index (κ1) is 22.3. The molecule has 1 saturated carbocycles. The number of aromatic nitrogens is 1. The van der Waals surface area contributed by atoms with Crippen molar-refractivity contribution in [3.8, 4) is 5.75 Å². The van der Waals surface area contributed by atoms with Gasteiger partial charge >= 0.3 is 0 Å². The molecule has 1 aromatic heterocycles. The number of thiazole rings is 1. The SMILES string of the molecule is CN=C(NCc1csc(C(C)C)n1)NC1CC2(CCCC2)Oc2ccccc21.I. The topological polar surface area (TPSA) is 58.5 Å². The van der Waals surface area contributed by atoms with Gasteiger partial charge in [0.05, 0.1) is 23.3 Å². The molecule has 0 amide bonds. The number of halogens is 1. The van der Waals surface area contributed by atoms with E-state index in [-0.39, 0.29) is 35.6 Å². The lowest BCUT2D eigenvalue weighted by Gasteiger charge is -2.40. The molecular weight excluding hydrogens is 495 g/mol. The molecular formula is C22H31IN4OS. The summed E-state index contributed by atoms with van der Waals surface area (Å²) in [7, 11) is 1.83. The van der Waals surface area contributed by atoms with Crippen LogP contribution in [0.5, 0.6) is 5.75 Å². The highest BCUT2D eigenvalue weighted by atomic mass is 127. The van der Waals surface area contributed by atoms with Gasteiger partial charge < -0.3 is 15.4 Å². The maximum atomic E-state index is 6.47. The van der Waals surface area contributed by atoms with Gasteiger partial charge in [-0.2, -0.15) is 0 Å². The van der Waals surface area contributed by atoms with Crippen LogP contribution in [0.25, 0.3) is 0 Å². The summed E-state index contributed by atoms with van der Waals surface area (Å²) in [5.41, 5.74) is 2.27. The van der Waals surface area contributed by atoms with Crippen LogP contribution in [0, 0.1) is 0 Å². The first-order valence-corrected chi connectivity index (χ1v) is 11.2. The van der Waals surface area contributed by atoms with Crippen LogP contribution in [0.15, 0.2) is 34.6 Å². The van der Waals surface area contributed by atoms with E-state index in [4.69, 9.17) is 9.72 Å². The molecule has 0 radical (unpaired) electrons. The van der Waals surface area contributed by atoms with Crippen LogP contribution in [0.1, 0.15) is 74.2 Å². The molecule has 1 aliphatic heterocycles. The quantitative estimate of drug-likeness (QED) is 0.319. The molecule has 7 heteroatoms. The molecule has 5 nitrogen and oxygen atoms in total. The zero-order valence-corrected chi connectivity index (χ0v) is 20.6. The van der Waals surface area contributed by atoms with Gasteiger partial charge in [0, 0.05) is 30.3 Å². The average molecular weight is 526 g/mol. The molecule has 2 aromatic rings. The molecule has 1 aromatic carbocycles. The summed E-state index contributed by atoms with van der Waals surface area (Å²) in [6.45, 7) is 5.04. The molecule has 29 heavy (non-hydrogen) atoms. The second-order valence-electron chi connectivity index (χ2n) is 8.19. The Morgan fingerprint density at radius 3 is 2.76 bits per heavy atom. The van der Waals surface area contributed by atoms with Gasteiger partial charge in [0.15, 0.2) is 5.96 Å². The van der Waals surface area contributed by atoms with Crippen molar-refractivity contribution in [2.75, 3.05) is 7.05 Å². The van der Waals surface area contributed by atoms with Crippen LogP contribution >= 0.6 is 35.3 Å². The van der Waals surface area contributed by atoms with Gasteiger partial charge in [-0.3, -0.25) is 4.99 Å². The highest BCUT2D eigenvalue weighted by Crippen LogP contribution is 2.46. The van der Waals surface area contributed by atoms with Crippen molar-refractivity contribution in [2.45, 2.75) is 70.1 Å². The maximum Gasteiger partial charge on any atom is 0.191 e. The van der Waals surface area contributed by atoms with E-state index in [1.54, 1.807) is 11.3 Å². The van der Waals surface area contributed by atoms with Gasteiger partial charge in [-0.05, 0) is 31.7 Å². The Morgan fingerprint density at radius 2 is 2.07 bits per heavy atom. The van der Waals surface area contributed by atoms with Gasteiger partial charge in [0.1, 0.15) is 11.4 Å². The molecule has 1 aliphatic carbocycles.